The van der Waals surface area contributed by atoms with Crippen LogP contribution >= 0.6 is 11.3 Å². The van der Waals surface area contributed by atoms with Gasteiger partial charge in [-0.1, -0.05) is 20.8 Å². The van der Waals surface area contributed by atoms with Gasteiger partial charge in [0.05, 0.1) is 11.2 Å². The summed E-state index contributed by atoms with van der Waals surface area (Å²) in [6.45, 7) is 13.5. The molecule has 0 bridgehead atoms. The van der Waals surface area contributed by atoms with Crippen molar-refractivity contribution in [2.45, 2.75) is 40.3 Å². The molecule has 0 aliphatic carbocycles. The third-order valence-corrected chi connectivity index (χ3v) is 4.44. The molecule has 1 aromatic rings. The average Bonchev–Trinajstić information content (AvgIpc) is 2.64. The first-order chi connectivity index (χ1) is 7.97. The van der Waals surface area contributed by atoms with Crippen molar-refractivity contribution in [1.82, 2.24) is 15.2 Å². The lowest BCUT2D eigenvalue weighted by atomic mass is 9.85. The van der Waals surface area contributed by atoms with E-state index in [4.69, 9.17) is 0 Å². The van der Waals surface area contributed by atoms with E-state index in [9.17, 15) is 0 Å². The van der Waals surface area contributed by atoms with E-state index in [0.29, 0.717) is 11.5 Å². The van der Waals surface area contributed by atoms with Crippen LogP contribution < -0.4 is 5.32 Å². The van der Waals surface area contributed by atoms with Gasteiger partial charge in [0, 0.05) is 37.1 Å². The highest BCUT2D eigenvalue weighted by Crippen LogP contribution is 2.23. The maximum atomic E-state index is 4.33. The van der Waals surface area contributed by atoms with Gasteiger partial charge in [-0.05, 0) is 12.3 Å². The predicted molar refractivity (Wildman–Crippen MR) is 73.4 cm³/mol. The van der Waals surface area contributed by atoms with Crippen LogP contribution in [-0.4, -0.2) is 35.6 Å². The maximum Gasteiger partial charge on any atom is 0.0798 e. The largest absolute Gasteiger partial charge is 0.311 e. The minimum absolute atomic E-state index is 0.335. The number of nitrogens with one attached hydrogen (secondary N) is 1. The van der Waals surface area contributed by atoms with Gasteiger partial charge in [0.2, 0.25) is 0 Å². The van der Waals surface area contributed by atoms with E-state index < -0.39 is 0 Å². The van der Waals surface area contributed by atoms with Crippen LogP contribution in [0.3, 0.4) is 0 Å². The molecule has 0 aromatic carbocycles. The molecule has 96 valence electrons. The molecule has 1 saturated heterocycles. The quantitative estimate of drug-likeness (QED) is 0.876. The average molecular weight is 253 g/mol. The highest BCUT2D eigenvalue weighted by Gasteiger charge is 2.29. The summed E-state index contributed by atoms with van der Waals surface area (Å²) in [4.78, 5) is 8.29. The van der Waals surface area contributed by atoms with Crippen LogP contribution in [0.5, 0.6) is 0 Å². The summed E-state index contributed by atoms with van der Waals surface area (Å²) < 4.78 is 0. The predicted octanol–water partition coefficient (Wildman–Crippen LogP) is 2.27. The van der Waals surface area contributed by atoms with Crippen molar-refractivity contribution in [3.63, 3.8) is 0 Å². The van der Waals surface area contributed by atoms with E-state index in [1.807, 2.05) is 5.51 Å². The zero-order valence-corrected chi connectivity index (χ0v) is 12.1. The molecule has 1 unspecified atom stereocenters. The smallest absolute Gasteiger partial charge is 0.0798 e. The normalized spacial score (nSPS) is 22.9. The molecule has 1 aliphatic rings. The summed E-state index contributed by atoms with van der Waals surface area (Å²) in [7, 11) is 0. The molecule has 3 nitrogen and oxygen atoms in total. The molecule has 2 heterocycles. The number of nitrogens with zero attached hydrogens (tertiary/aromatic N) is 2. The first-order valence-electron chi connectivity index (χ1n) is 6.31. The second-order valence-electron chi connectivity index (χ2n) is 5.97. The molecule has 1 atom stereocenters. The Labute approximate surface area is 108 Å². The van der Waals surface area contributed by atoms with Crippen LogP contribution in [0, 0.1) is 12.3 Å². The van der Waals surface area contributed by atoms with E-state index in [1.54, 1.807) is 11.3 Å². The van der Waals surface area contributed by atoms with Gasteiger partial charge in [-0.25, -0.2) is 4.98 Å². The molecule has 17 heavy (non-hydrogen) atoms. The van der Waals surface area contributed by atoms with Crippen LogP contribution in [0.25, 0.3) is 0 Å². The van der Waals surface area contributed by atoms with Gasteiger partial charge in [0.15, 0.2) is 0 Å². The van der Waals surface area contributed by atoms with Crippen LogP contribution in [0.1, 0.15) is 31.3 Å². The Kier molecular flexibility index (Phi) is 3.85. The zero-order valence-electron chi connectivity index (χ0n) is 11.3. The van der Waals surface area contributed by atoms with E-state index in [1.165, 1.54) is 10.6 Å². The third-order valence-electron chi connectivity index (χ3n) is 3.52. The van der Waals surface area contributed by atoms with Gasteiger partial charge in [0.25, 0.3) is 0 Å². The molecular weight excluding hydrogens is 230 g/mol. The molecule has 0 amide bonds. The van der Waals surface area contributed by atoms with Crippen LogP contribution in [0.2, 0.25) is 0 Å². The van der Waals surface area contributed by atoms with E-state index >= 15 is 0 Å². The van der Waals surface area contributed by atoms with Gasteiger partial charge >= 0.3 is 0 Å². The fraction of sp³-hybridized carbons (Fsp3) is 0.769. The monoisotopic (exact) mass is 253 g/mol. The topological polar surface area (TPSA) is 28.2 Å². The molecule has 0 spiro atoms. The standard InChI is InChI=1S/C13H23N3S/c1-10-11(17-9-15-10)7-16-6-5-14-12(8-16)13(2,3)4/h9,12,14H,5-8H2,1-4H3. The third kappa shape index (κ3) is 3.27. The van der Waals surface area contributed by atoms with E-state index in [-0.39, 0.29) is 0 Å². The molecule has 1 aliphatic heterocycles. The Morgan fingerprint density at radius 2 is 2.29 bits per heavy atom. The van der Waals surface area contributed by atoms with Crippen LogP contribution in [-0.2, 0) is 6.54 Å². The molecular formula is C13H23N3S. The van der Waals surface area contributed by atoms with E-state index in [2.05, 4.69) is 42.9 Å². The summed E-state index contributed by atoms with van der Waals surface area (Å²) >= 11 is 1.78. The van der Waals surface area contributed by atoms with Gasteiger partial charge in [-0.3, -0.25) is 4.90 Å². The first-order valence-corrected chi connectivity index (χ1v) is 7.19. The molecule has 4 heteroatoms. The molecule has 1 fully saturated rings. The molecule has 0 saturated carbocycles. The van der Waals surface area contributed by atoms with Crippen molar-refractivity contribution in [1.29, 1.82) is 0 Å². The van der Waals surface area contributed by atoms with Crippen LogP contribution in [0.4, 0.5) is 0 Å². The number of aryl methyl sites for hydroxylation is 1. The SMILES string of the molecule is Cc1ncsc1CN1CCNC(C(C)(C)C)C1. The summed E-state index contributed by atoms with van der Waals surface area (Å²) in [6, 6.07) is 0.587. The number of thiazole rings is 1. The van der Waals surface area contributed by atoms with Crippen LogP contribution in [0.15, 0.2) is 5.51 Å². The van der Waals surface area contributed by atoms with Crippen molar-refractivity contribution < 1.29 is 0 Å². The number of piperazine rings is 1. The first kappa shape index (κ1) is 13.0. The summed E-state index contributed by atoms with van der Waals surface area (Å²) in [5.74, 6) is 0. The highest BCUT2D eigenvalue weighted by atomic mass is 32.1. The Bertz CT molecular complexity index is 367. The molecule has 0 radical (unpaired) electrons. The highest BCUT2D eigenvalue weighted by molar-refractivity contribution is 7.09. The number of aromatic nitrogens is 1. The van der Waals surface area contributed by atoms with Crippen molar-refractivity contribution in [2.75, 3.05) is 19.6 Å². The Balaban J connectivity index is 1.96. The number of hydrogen-bond donors (Lipinski definition) is 1. The minimum Gasteiger partial charge on any atom is -0.311 e. The second-order valence-corrected chi connectivity index (χ2v) is 6.91. The summed E-state index contributed by atoms with van der Waals surface area (Å²) in [6.07, 6.45) is 0. The second kappa shape index (κ2) is 5.04. The van der Waals surface area contributed by atoms with Gasteiger partial charge in [-0.15, -0.1) is 11.3 Å². The molecule has 2 rings (SSSR count). The fourth-order valence-corrected chi connectivity index (χ4v) is 3.03. The molecule has 1 aromatic heterocycles. The minimum atomic E-state index is 0.335. The summed E-state index contributed by atoms with van der Waals surface area (Å²) in [5, 5.41) is 3.63. The maximum absolute atomic E-state index is 4.33. The lowest BCUT2D eigenvalue weighted by molar-refractivity contribution is 0.130. The van der Waals surface area contributed by atoms with Crippen molar-refractivity contribution in [3.05, 3.63) is 16.1 Å². The lowest BCUT2D eigenvalue weighted by Gasteiger charge is -2.40. The Morgan fingerprint density at radius 3 is 2.88 bits per heavy atom. The fourth-order valence-electron chi connectivity index (χ4n) is 2.22. The number of rotatable bonds is 2. The molecule has 1 N–H and O–H groups in total. The van der Waals surface area contributed by atoms with E-state index in [0.717, 1.165) is 26.2 Å². The summed E-state index contributed by atoms with van der Waals surface area (Å²) in [5.41, 5.74) is 3.48. The lowest BCUT2D eigenvalue weighted by Crippen LogP contribution is -2.55. The number of hydrogen-bond acceptors (Lipinski definition) is 4. The van der Waals surface area contributed by atoms with Crippen molar-refractivity contribution >= 4 is 11.3 Å². The van der Waals surface area contributed by atoms with Gasteiger partial charge in [0.1, 0.15) is 0 Å². The van der Waals surface area contributed by atoms with Gasteiger partial charge in [-0.2, -0.15) is 0 Å². The van der Waals surface area contributed by atoms with Crippen molar-refractivity contribution in [3.8, 4) is 0 Å². The zero-order chi connectivity index (χ0) is 12.5. The van der Waals surface area contributed by atoms with Crippen molar-refractivity contribution in [2.24, 2.45) is 5.41 Å². The van der Waals surface area contributed by atoms with Gasteiger partial charge < -0.3 is 5.32 Å². The Morgan fingerprint density at radius 1 is 1.53 bits per heavy atom. The Hall–Kier alpha value is -0.450.